The minimum Gasteiger partial charge on any atom is -0.492 e. The lowest BCUT2D eigenvalue weighted by Crippen LogP contribution is -2.19. The van der Waals surface area contributed by atoms with E-state index in [1.54, 1.807) is 6.20 Å². The number of ether oxygens (including phenoxy) is 1. The van der Waals surface area contributed by atoms with E-state index in [9.17, 15) is 13.2 Å². The van der Waals surface area contributed by atoms with Gasteiger partial charge in [0, 0.05) is 17.8 Å². The Kier molecular flexibility index (Phi) is 5.89. The topological polar surface area (TPSA) is 50.5 Å². The number of likely N-dealkylation sites (N-methyl/N-ethyl adjacent to an activating group) is 1. The van der Waals surface area contributed by atoms with Crippen LogP contribution in [0.4, 0.5) is 24.9 Å². The number of nitrogens with one attached hydrogen (secondary N) is 1. The summed E-state index contributed by atoms with van der Waals surface area (Å²) in [6.07, 6.45) is -2.81. The Labute approximate surface area is 160 Å². The van der Waals surface area contributed by atoms with E-state index in [0.29, 0.717) is 18.1 Å². The molecule has 3 aromatic rings. The van der Waals surface area contributed by atoms with Crippen LogP contribution in [0.15, 0.2) is 59.1 Å². The molecular weight excluding hydrogens is 371 g/mol. The van der Waals surface area contributed by atoms with Crippen LogP contribution < -0.4 is 10.1 Å². The van der Waals surface area contributed by atoms with E-state index in [4.69, 9.17) is 9.15 Å². The van der Waals surface area contributed by atoms with Crippen molar-refractivity contribution in [1.82, 2.24) is 9.88 Å². The van der Waals surface area contributed by atoms with Crippen LogP contribution in [-0.4, -0.2) is 37.1 Å². The zero-order chi connectivity index (χ0) is 20.1. The van der Waals surface area contributed by atoms with Crippen molar-refractivity contribution in [3.05, 3.63) is 60.3 Å². The highest BCUT2D eigenvalue weighted by Crippen LogP contribution is 2.31. The predicted molar refractivity (Wildman–Crippen MR) is 101 cm³/mol. The maximum atomic E-state index is 12.6. The lowest BCUT2D eigenvalue weighted by Gasteiger charge is -2.11. The number of aromatic nitrogens is 1. The fraction of sp³-hybridized carbons (Fsp3) is 0.250. The fourth-order valence-electron chi connectivity index (χ4n) is 2.39. The lowest BCUT2D eigenvalue weighted by atomic mass is 10.2. The van der Waals surface area contributed by atoms with E-state index in [0.717, 1.165) is 30.0 Å². The molecule has 0 bridgehead atoms. The van der Waals surface area contributed by atoms with Gasteiger partial charge in [0.25, 0.3) is 6.01 Å². The molecule has 0 radical (unpaired) electrons. The van der Waals surface area contributed by atoms with Crippen molar-refractivity contribution in [2.75, 3.05) is 32.6 Å². The number of nitrogens with zero attached hydrogens (tertiary/aromatic N) is 2. The van der Waals surface area contributed by atoms with Crippen molar-refractivity contribution in [1.29, 1.82) is 0 Å². The molecule has 1 aromatic heterocycles. The number of benzene rings is 2. The molecule has 2 aromatic carbocycles. The van der Waals surface area contributed by atoms with E-state index >= 15 is 0 Å². The first-order valence-electron chi connectivity index (χ1n) is 8.59. The van der Waals surface area contributed by atoms with Gasteiger partial charge in [0.2, 0.25) is 0 Å². The van der Waals surface area contributed by atoms with Gasteiger partial charge in [0.05, 0.1) is 11.8 Å². The molecule has 8 heteroatoms. The van der Waals surface area contributed by atoms with Crippen LogP contribution in [0.25, 0.3) is 11.3 Å². The molecule has 0 saturated carbocycles. The number of halogens is 3. The highest BCUT2D eigenvalue weighted by molar-refractivity contribution is 5.60. The predicted octanol–water partition coefficient (Wildman–Crippen LogP) is 5.04. The standard InChI is InChI=1S/C20H20F3N3O2/c1-26(2)11-12-27-17-9-3-14(4-10-17)18-13-24-19(28-18)25-16-7-5-15(6-8-16)20(21,22)23/h3-10,13H,11-12H2,1-2H3,(H,24,25). The van der Waals surface area contributed by atoms with Crippen LogP contribution in [0.2, 0.25) is 0 Å². The van der Waals surface area contributed by atoms with Gasteiger partial charge in [-0.1, -0.05) is 0 Å². The molecule has 0 saturated heterocycles. The van der Waals surface area contributed by atoms with Crippen LogP contribution in [-0.2, 0) is 6.18 Å². The van der Waals surface area contributed by atoms with Gasteiger partial charge < -0.3 is 19.4 Å². The van der Waals surface area contributed by atoms with E-state index in [-0.39, 0.29) is 6.01 Å². The monoisotopic (exact) mass is 391 g/mol. The molecule has 0 aliphatic heterocycles. The van der Waals surface area contributed by atoms with Crippen molar-refractivity contribution in [2.45, 2.75) is 6.18 Å². The smallest absolute Gasteiger partial charge is 0.416 e. The highest BCUT2D eigenvalue weighted by Gasteiger charge is 2.29. The minimum absolute atomic E-state index is 0.195. The zero-order valence-electron chi connectivity index (χ0n) is 15.5. The van der Waals surface area contributed by atoms with Crippen LogP contribution in [0, 0.1) is 0 Å². The summed E-state index contributed by atoms with van der Waals surface area (Å²) in [5, 5.41) is 2.85. The number of anilines is 2. The average Bonchev–Trinajstić information content (AvgIpc) is 3.10. The maximum Gasteiger partial charge on any atom is 0.416 e. The molecule has 5 nitrogen and oxygen atoms in total. The molecule has 3 rings (SSSR count). The Hall–Kier alpha value is -3.00. The summed E-state index contributed by atoms with van der Waals surface area (Å²) < 4.78 is 49.1. The first-order valence-corrected chi connectivity index (χ1v) is 8.59. The van der Waals surface area contributed by atoms with Crippen molar-refractivity contribution in [2.24, 2.45) is 0 Å². The Bertz CT molecular complexity index is 888. The lowest BCUT2D eigenvalue weighted by molar-refractivity contribution is -0.137. The van der Waals surface area contributed by atoms with Crippen molar-refractivity contribution in [3.63, 3.8) is 0 Å². The molecule has 0 spiro atoms. The number of alkyl halides is 3. The maximum absolute atomic E-state index is 12.6. The Morgan fingerprint density at radius 1 is 1.04 bits per heavy atom. The van der Waals surface area contributed by atoms with Gasteiger partial charge in [-0.15, -0.1) is 0 Å². The number of hydrogen-bond acceptors (Lipinski definition) is 5. The molecule has 148 valence electrons. The first-order chi connectivity index (χ1) is 13.3. The second kappa shape index (κ2) is 8.35. The molecule has 28 heavy (non-hydrogen) atoms. The summed E-state index contributed by atoms with van der Waals surface area (Å²) in [7, 11) is 3.96. The van der Waals surface area contributed by atoms with Gasteiger partial charge in [-0.3, -0.25) is 0 Å². The third-order valence-corrected chi connectivity index (χ3v) is 3.92. The quantitative estimate of drug-likeness (QED) is 0.611. The largest absolute Gasteiger partial charge is 0.492 e. The summed E-state index contributed by atoms with van der Waals surface area (Å²) in [4.78, 5) is 6.15. The summed E-state index contributed by atoms with van der Waals surface area (Å²) >= 11 is 0. The first kappa shape index (κ1) is 19.8. The summed E-state index contributed by atoms with van der Waals surface area (Å²) in [5.41, 5.74) is 0.554. The second-order valence-electron chi connectivity index (χ2n) is 6.41. The van der Waals surface area contributed by atoms with Crippen LogP contribution in [0.5, 0.6) is 5.75 Å². The molecule has 0 fully saturated rings. The van der Waals surface area contributed by atoms with E-state index < -0.39 is 11.7 Å². The minimum atomic E-state index is -4.36. The van der Waals surface area contributed by atoms with Gasteiger partial charge in [-0.25, -0.2) is 4.98 Å². The molecule has 1 N–H and O–H groups in total. The van der Waals surface area contributed by atoms with E-state index in [1.807, 2.05) is 43.3 Å². The van der Waals surface area contributed by atoms with Gasteiger partial charge in [-0.05, 0) is 62.6 Å². The Balaban J connectivity index is 1.62. The van der Waals surface area contributed by atoms with Gasteiger partial charge in [0.1, 0.15) is 12.4 Å². The third kappa shape index (κ3) is 5.26. The summed E-state index contributed by atoms with van der Waals surface area (Å²) in [6.45, 7) is 1.42. The van der Waals surface area contributed by atoms with Crippen molar-refractivity contribution >= 4 is 11.7 Å². The summed E-state index contributed by atoms with van der Waals surface area (Å²) in [6, 6.07) is 12.2. The van der Waals surface area contributed by atoms with E-state index in [1.165, 1.54) is 12.1 Å². The Morgan fingerprint density at radius 3 is 2.32 bits per heavy atom. The van der Waals surface area contributed by atoms with Crippen LogP contribution in [0.3, 0.4) is 0 Å². The fourth-order valence-corrected chi connectivity index (χ4v) is 2.39. The number of oxazole rings is 1. The summed E-state index contributed by atoms with van der Waals surface area (Å²) in [5.74, 6) is 1.29. The highest BCUT2D eigenvalue weighted by atomic mass is 19.4. The Morgan fingerprint density at radius 2 is 1.71 bits per heavy atom. The van der Waals surface area contributed by atoms with Crippen LogP contribution >= 0.6 is 0 Å². The number of hydrogen-bond donors (Lipinski definition) is 1. The van der Waals surface area contributed by atoms with Crippen molar-refractivity contribution < 1.29 is 22.3 Å². The normalized spacial score (nSPS) is 11.6. The van der Waals surface area contributed by atoms with Gasteiger partial charge >= 0.3 is 6.18 Å². The second-order valence-corrected chi connectivity index (χ2v) is 6.41. The molecule has 0 atom stereocenters. The van der Waals surface area contributed by atoms with Gasteiger partial charge in [0.15, 0.2) is 5.76 Å². The molecule has 0 aliphatic rings. The van der Waals surface area contributed by atoms with Crippen LogP contribution in [0.1, 0.15) is 5.56 Å². The molecule has 0 amide bonds. The average molecular weight is 391 g/mol. The van der Waals surface area contributed by atoms with Crippen molar-refractivity contribution in [3.8, 4) is 17.1 Å². The van der Waals surface area contributed by atoms with E-state index in [2.05, 4.69) is 10.3 Å². The molecule has 0 aliphatic carbocycles. The molecule has 0 unspecified atom stereocenters. The third-order valence-electron chi connectivity index (χ3n) is 3.92. The zero-order valence-corrected chi connectivity index (χ0v) is 15.5. The molecular formula is C20H20F3N3O2. The van der Waals surface area contributed by atoms with Gasteiger partial charge in [-0.2, -0.15) is 13.2 Å². The molecule has 1 heterocycles. The number of rotatable bonds is 7. The SMILES string of the molecule is CN(C)CCOc1ccc(-c2cnc(Nc3ccc(C(F)(F)F)cc3)o2)cc1.